The molecule has 3 nitrogen and oxygen atoms in total. The van der Waals surface area contributed by atoms with E-state index in [0.717, 1.165) is 19.4 Å². The number of ether oxygens (including phenoxy) is 1. The Morgan fingerprint density at radius 3 is 2.67 bits per heavy atom. The number of nitrogens with one attached hydrogen (secondary N) is 1. The predicted molar refractivity (Wildman–Crippen MR) is 60.7 cm³/mol. The molecule has 1 rings (SSSR count). The van der Waals surface area contributed by atoms with Crippen LogP contribution in [0, 0.1) is 5.92 Å². The average Bonchev–Trinajstić information content (AvgIpc) is 1.99. The Kier molecular flexibility index (Phi) is 4.14. The van der Waals surface area contributed by atoms with E-state index in [4.69, 9.17) is 4.74 Å². The van der Waals surface area contributed by atoms with Gasteiger partial charge in [0.25, 0.3) is 0 Å². The molecule has 1 saturated heterocycles. The minimum absolute atomic E-state index is 0.0541. The van der Waals surface area contributed by atoms with Crippen molar-refractivity contribution in [2.75, 3.05) is 6.54 Å². The Morgan fingerprint density at radius 1 is 1.47 bits per heavy atom. The molecule has 2 atom stereocenters. The van der Waals surface area contributed by atoms with E-state index in [1.807, 2.05) is 20.8 Å². The van der Waals surface area contributed by atoms with Crippen LogP contribution in [0.4, 0.5) is 0 Å². The van der Waals surface area contributed by atoms with Crippen LogP contribution in [0.25, 0.3) is 0 Å². The number of carbonyl (C=O) groups is 1. The van der Waals surface area contributed by atoms with Gasteiger partial charge < -0.3 is 10.1 Å². The third-order valence-electron chi connectivity index (χ3n) is 2.61. The highest BCUT2D eigenvalue weighted by atomic mass is 16.6. The maximum atomic E-state index is 11.6. The van der Waals surface area contributed by atoms with Crippen LogP contribution in [0.2, 0.25) is 0 Å². The number of hydrogen-bond acceptors (Lipinski definition) is 3. The van der Waals surface area contributed by atoms with Crippen molar-refractivity contribution < 1.29 is 9.53 Å². The normalized spacial score (nSPS) is 27.5. The number of carbonyl (C=O) groups excluding carboxylic acids is 1. The fraction of sp³-hybridized carbons (Fsp3) is 0.917. The molecule has 1 unspecified atom stereocenters. The maximum absolute atomic E-state index is 11.6. The lowest BCUT2D eigenvalue weighted by Crippen LogP contribution is -2.37. The van der Waals surface area contributed by atoms with Gasteiger partial charge in [0.2, 0.25) is 0 Å². The van der Waals surface area contributed by atoms with Gasteiger partial charge in [-0.1, -0.05) is 0 Å². The van der Waals surface area contributed by atoms with Crippen molar-refractivity contribution in [3.05, 3.63) is 0 Å². The lowest BCUT2D eigenvalue weighted by atomic mass is 9.90. The molecule has 0 aromatic heterocycles. The molecular weight excluding hydrogens is 190 g/mol. The number of rotatable bonds is 2. The van der Waals surface area contributed by atoms with E-state index in [0.29, 0.717) is 18.4 Å². The summed E-state index contributed by atoms with van der Waals surface area (Å²) in [6.07, 6.45) is 2.74. The highest BCUT2D eigenvalue weighted by Crippen LogP contribution is 2.21. The summed E-state index contributed by atoms with van der Waals surface area (Å²) in [5.41, 5.74) is -0.352. The van der Waals surface area contributed by atoms with Crippen LogP contribution in [0.5, 0.6) is 0 Å². The lowest BCUT2D eigenvalue weighted by Gasteiger charge is -2.28. The minimum Gasteiger partial charge on any atom is -0.460 e. The highest BCUT2D eigenvalue weighted by molar-refractivity contribution is 5.70. The molecule has 0 amide bonds. The molecular formula is C12H23NO2. The van der Waals surface area contributed by atoms with Crippen LogP contribution in [-0.2, 0) is 9.53 Å². The minimum atomic E-state index is -0.352. The van der Waals surface area contributed by atoms with Gasteiger partial charge in [-0.3, -0.25) is 4.79 Å². The zero-order valence-electron chi connectivity index (χ0n) is 10.3. The molecule has 0 radical (unpaired) electrons. The fourth-order valence-corrected chi connectivity index (χ4v) is 2.04. The zero-order chi connectivity index (χ0) is 11.5. The average molecular weight is 213 g/mol. The van der Waals surface area contributed by atoms with Gasteiger partial charge in [-0.05, 0) is 53.0 Å². The number of piperidine rings is 1. The second-order valence-electron chi connectivity index (χ2n) is 5.54. The van der Waals surface area contributed by atoms with Gasteiger partial charge in [0.1, 0.15) is 5.60 Å². The molecule has 0 aromatic rings. The van der Waals surface area contributed by atoms with Gasteiger partial charge in [-0.25, -0.2) is 0 Å². The molecule has 0 saturated carbocycles. The molecule has 1 aliphatic heterocycles. The van der Waals surface area contributed by atoms with Crippen molar-refractivity contribution in [2.45, 2.75) is 58.6 Å². The molecule has 15 heavy (non-hydrogen) atoms. The number of esters is 1. The van der Waals surface area contributed by atoms with Crippen molar-refractivity contribution in [2.24, 2.45) is 5.92 Å². The molecule has 1 N–H and O–H groups in total. The fourth-order valence-electron chi connectivity index (χ4n) is 2.04. The van der Waals surface area contributed by atoms with Gasteiger partial charge in [0, 0.05) is 12.5 Å². The van der Waals surface area contributed by atoms with Crippen molar-refractivity contribution in [1.29, 1.82) is 0 Å². The summed E-state index contributed by atoms with van der Waals surface area (Å²) < 4.78 is 5.32. The van der Waals surface area contributed by atoms with Gasteiger partial charge in [0.05, 0.1) is 0 Å². The van der Waals surface area contributed by atoms with Crippen LogP contribution in [0.3, 0.4) is 0 Å². The SMILES string of the molecule is C[C@H]1CC(CC(=O)OC(C)(C)C)CCN1. The van der Waals surface area contributed by atoms with Crippen molar-refractivity contribution in [3.63, 3.8) is 0 Å². The zero-order valence-corrected chi connectivity index (χ0v) is 10.3. The van der Waals surface area contributed by atoms with Crippen molar-refractivity contribution in [3.8, 4) is 0 Å². The highest BCUT2D eigenvalue weighted by Gasteiger charge is 2.23. The third-order valence-corrected chi connectivity index (χ3v) is 2.61. The molecule has 1 fully saturated rings. The van der Waals surface area contributed by atoms with Crippen molar-refractivity contribution >= 4 is 5.97 Å². The van der Waals surface area contributed by atoms with Crippen LogP contribution in [-0.4, -0.2) is 24.2 Å². The van der Waals surface area contributed by atoms with Gasteiger partial charge in [-0.2, -0.15) is 0 Å². The molecule has 1 aliphatic rings. The van der Waals surface area contributed by atoms with Gasteiger partial charge in [-0.15, -0.1) is 0 Å². The van der Waals surface area contributed by atoms with E-state index in [1.54, 1.807) is 0 Å². The van der Waals surface area contributed by atoms with E-state index < -0.39 is 0 Å². The quantitative estimate of drug-likeness (QED) is 0.714. The van der Waals surface area contributed by atoms with E-state index in [9.17, 15) is 4.79 Å². The van der Waals surface area contributed by atoms with Gasteiger partial charge in [0.15, 0.2) is 0 Å². The standard InChI is InChI=1S/C12H23NO2/c1-9-7-10(5-6-13-9)8-11(14)15-12(2,3)4/h9-10,13H,5-8H2,1-4H3/t9-,10?/m0/s1. The topological polar surface area (TPSA) is 38.3 Å². The molecule has 88 valence electrons. The first-order chi connectivity index (χ1) is 6.87. The molecule has 0 bridgehead atoms. The summed E-state index contributed by atoms with van der Waals surface area (Å²) in [7, 11) is 0. The maximum Gasteiger partial charge on any atom is 0.306 e. The van der Waals surface area contributed by atoms with Crippen LogP contribution in [0.1, 0.15) is 47.0 Å². The molecule has 0 aromatic carbocycles. The van der Waals surface area contributed by atoms with E-state index in [2.05, 4.69) is 12.2 Å². The summed E-state index contributed by atoms with van der Waals surface area (Å²) >= 11 is 0. The van der Waals surface area contributed by atoms with Crippen molar-refractivity contribution in [1.82, 2.24) is 5.32 Å². The number of hydrogen-bond donors (Lipinski definition) is 1. The summed E-state index contributed by atoms with van der Waals surface area (Å²) in [4.78, 5) is 11.6. The lowest BCUT2D eigenvalue weighted by molar-refractivity contribution is -0.156. The summed E-state index contributed by atoms with van der Waals surface area (Å²) in [6, 6.07) is 0.534. The smallest absolute Gasteiger partial charge is 0.306 e. The predicted octanol–water partition coefficient (Wildman–Crippen LogP) is 2.11. The Balaban J connectivity index is 2.31. The Hall–Kier alpha value is -0.570. The van der Waals surface area contributed by atoms with E-state index >= 15 is 0 Å². The Bertz CT molecular complexity index is 220. The first kappa shape index (κ1) is 12.5. The van der Waals surface area contributed by atoms with Crippen LogP contribution < -0.4 is 5.32 Å². The van der Waals surface area contributed by atoms with E-state index in [-0.39, 0.29) is 11.6 Å². The Labute approximate surface area is 92.6 Å². The largest absolute Gasteiger partial charge is 0.460 e. The molecule has 0 aliphatic carbocycles. The van der Waals surface area contributed by atoms with E-state index in [1.165, 1.54) is 0 Å². The summed E-state index contributed by atoms with van der Waals surface area (Å²) in [6.45, 7) is 8.93. The second-order valence-corrected chi connectivity index (χ2v) is 5.54. The molecule has 0 spiro atoms. The molecule has 3 heteroatoms. The van der Waals surface area contributed by atoms with Gasteiger partial charge >= 0.3 is 5.97 Å². The first-order valence-electron chi connectivity index (χ1n) is 5.82. The van der Waals surface area contributed by atoms with Crippen LogP contribution >= 0.6 is 0 Å². The Morgan fingerprint density at radius 2 is 2.13 bits per heavy atom. The first-order valence-corrected chi connectivity index (χ1v) is 5.82. The molecule has 1 heterocycles. The summed E-state index contributed by atoms with van der Waals surface area (Å²) in [5.74, 6) is 0.442. The monoisotopic (exact) mass is 213 g/mol. The second kappa shape index (κ2) is 4.97. The summed E-state index contributed by atoms with van der Waals surface area (Å²) in [5, 5.41) is 3.38. The third kappa shape index (κ3) is 5.17. The van der Waals surface area contributed by atoms with Crippen LogP contribution in [0.15, 0.2) is 0 Å².